The van der Waals surface area contributed by atoms with Gasteiger partial charge in [-0.15, -0.1) is 0 Å². The van der Waals surface area contributed by atoms with E-state index >= 15 is 0 Å². The maximum absolute atomic E-state index is 12.8. The number of aryl methyl sites for hydroxylation is 1. The third-order valence-corrected chi connectivity index (χ3v) is 4.63. The summed E-state index contributed by atoms with van der Waals surface area (Å²) in [6, 6.07) is 17.1. The van der Waals surface area contributed by atoms with Crippen molar-refractivity contribution in [3.05, 3.63) is 76.2 Å². The number of benzene rings is 2. The minimum Gasteiger partial charge on any atom is -0.494 e. The first kappa shape index (κ1) is 19.5. The number of rotatable bonds is 7. The van der Waals surface area contributed by atoms with Crippen molar-refractivity contribution in [1.29, 1.82) is 0 Å². The number of aromatic nitrogens is 2. The molecule has 0 atom stereocenters. The van der Waals surface area contributed by atoms with Crippen molar-refractivity contribution in [3.8, 4) is 11.4 Å². The van der Waals surface area contributed by atoms with Gasteiger partial charge in [0.2, 0.25) is 5.91 Å². The van der Waals surface area contributed by atoms with Gasteiger partial charge >= 0.3 is 0 Å². The molecule has 1 amide bonds. The Labute approximate surface area is 164 Å². The molecule has 0 saturated heterocycles. The number of amides is 1. The van der Waals surface area contributed by atoms with E-state index in [1.807, 2.05) is 68.4 Å². The zero-order valence-corrected chi connectivity index (χ0v) is 16.4. The van der Waals surface area contributed by atoms with E-state index in [-0.39, 0.29) is 17.9 Å². The van der Waals surface area contributed by atoms with Crippen molar-refractivity contribution in [3.63, 3.8) is 0 Å². The molecule has 0 unspecified atom stereocenters. The highest BCUT2D eigenvalue weighted by Crippen LogP contribution is 2.15. The topological polar surface area (TPSA) is 65.3 Å². The van der Waals surface area contributed by atoms with Gasteiger partial charge in [-0.05, 0) is 50.1 Å². The summed E-state index contributed by atoms with van der Waals surface area (Å²) in [7, 11) is 1.80. The monoisotopic (exact) mass is 379 g/mol. The molecule has 3 aromatic rings. The number of nitrogens with zero attached hydrogens (tertiary/aromatic N) is 2. The average Bonchev–Trinajstić information content (AvgIpc) is 2.89. The highest BCUT2D eigenvalue weighted by atomic mass is 16.5. The van der Waals surface area contributed by atoms with Crippen LogP contribution in [-0.2, 0) is 11.8 Å². The molecular formula is C22H25N3O3. The Morgan fingerprint density at radius 1 is 1.07 bits per heavy atom. The molecule has 2 aromatic carbocycles. The summed E-state index contributed by atoms with van der Waals surface area (Å²) in [4.78, 5) is 25.1. The van der Waals surface area contributed by atoms with Crippen LogP contribution in [0, 0.1) is 13.8 Å². The molecule has 0 saturated carbocycles. The second kappa shape index (κ2) is 8.61. The quantitative estimate of drug-likeness (QED) is 0.638. The Bertz CT molecular complexity index is 1020. The van der Waals surface area contributed by atoms with Crippen LogP contribution in [0.3, 0.4) is 0 Å². The van der Waals surface area contributed by atoms with Crippen LogP contribution >= 0.6 is 0 Å². The lowest BCUT2D eigenvalue weighted by atomic mass is 10.2. The molecule has 28 heavy (non-hydrogen) atoms. The van der Waals surface area contributed by atoms with Crippen LogP contribution in [-0.4, -0.2) is 21.9 Å². The lowest BCUT2D eigenvalue weighted by Gasteiger charge is -2.07. The van der Waals surface area contributed by atoms with Crippen LogP contribution < -0.4 is 15.6 Å². The van der Waals surface area contributed by atoms with Gasteiger partial charge in [0.15, 0.2) is 0 Å². The fraction of sp³-hybridized carbons (Fsp3) is 0.273. The van der Waals surface area contributed by atoms with Gasteiger partial charge < -0.3 is 10.1 Å². The molecular weight excluding hydrogens is 354 g/mol. The number of hydrogen-bond donors (Lipinski definition) is 1. The van der Waals surface area contributed by atoms with E-state index in [1.165, 1.54) is 0 Å². The van der Waals surface area contributed by atoms with Crippen molar-refractivity contribution in [2.45, 2.75) is 26.7 Å². The zero-order chi connectivity index (χ0) is 20.1. The summed E-state index contributed by atoms with van der Waals surface area (Å²) < 4.78 is 8.96. The van der Waals surface area contributed by atoms with Gasteiger partial charge in [0.1, 0.15) is 11.4 Å². The van der Waals surface area contributed by atoms with Crippen LogP contribution in [0.5, 0.6) is 5.75 Å². The zero-order valence-electron chi connectivity index (χ0n) is 16.4. The van der Waals surface area contributed by atoms with E-state index in [1.54, 1.807) is 16.4 Å². The van der Waals surface area contributed by atoms with Crippen molar-refractivity contribution in [1.82, 2.24) is 9.36 Å². The number of carbonyl (C=O) groups excluding carboxylic acids is 1. The summed E-state index contributed by atoms with van der Waals surface area (Å²) in [5.74, 6) is 0.601. The molecule has 0 spiro atoms. The first-order valence-corrected chi connectivity index (χ1v) is 9.30. The minimum atomic E-state index is -0.240. The molecule has 1 aromatic heterocycles. The molecule has 6 heteroatoms. The molecule has 6 nitrogen and oxygen atoms in total. The van der Waals surface area contributed by atoms with Crippen molar-refractivity contribution < 1.29 is 9.53 Å². The van der Waals surface area contributed by atoms with Gasteiger partial charge in [-0.1, -0.05) is 30.3 Å². The fourth-order valence-electron chi connectivity index (χ4n) is 3.04. The number of nitrogens with one attached hydrogen (secondary N) is 1. The smallest absolute Gasteiger partial charge is 0.295 e. The van der Waals surface area contributed by atoms with Gasteiger partial charge in [0, 0.05) is 13.5 Å². The fourth-order valence-corrected chi connectivity index (χ4v) is 3.04. The second-order valence-corrected chi connectivity index (χ2v) is 6.75. The minimum absolute atomic E-state index is 0.196. The molecule has 0 aliphatic heterocycles. The van der Waals surface area contributed by atoms with Crippen molar-refractivity contribution >= 4 is 11.6 Å². The molecule has 0 fully saturated rings. The highest BCUT2D eigenvalue weighted by Gasteiger charge is 2.17. The normalized spacial score (nSPS) is 10.7. The number of ether oxygens (including phenoxy) is 1. The first-order valence-electron chi connectivity index (χ1n) is 9.30. The first-order chi connectivity index (χ1) is 13.5. The summed E-state index contributed by atoms with van der Waals surface area (Å²) in [6.45, 7) is 4.26. The van der Waals surface area contributed by atoms with E-state index in [0.717, 1.165) is 17.0 Å². The Hall–Kier alpha value is -3.28. The molecule has 0 radical (unpaired) electrons. The van der Waals surface area contributed by atoms with Crippen molar-refractivity contribution in [2.24, 2.45) is 7.05 Å². The standard InChI is InChI=1S/C22H25N3O3/c1-16-9-7-12-19(15-16)28-14-8-13-20(26)23-21-17(2)24(3)25(22(21)27)18-10-5-4-6-11-18/h4-7,9-12,15H,8,13-14H2,1-3H3,(H,23,26). The summed E-state index contributed by atoms with van der Waals surface area (Å²) >= 11 is 0. The Kier molecular flexibility index (Phi) is 5.99. The molecule has 1 heterocycles. The molecule has 0 aliphatic rings. The summed E-state index contributed by atoms with van der Waals surface area (Å²) in [5, 5.41) is 2.77. The Balaban J connectivity index is 1.61. The molecule has 1 N–H and O–H groups in total. The van der Waals surface area contributed by atoms with Gasteiger partial charge in [-0.25, -0.2) is 4.68 Å². The highest BCUT2D eigenvalue weighted by molar-refractivity contribution is 5.91. The lowest BCUT2D eigenvalue weighted by Crippen LogP contribution is -2.23. The van der Waals surface area contributed by atoms with E-state index in [9.17, 15) is 9.59 Å². The third kappa shape index (κ3) is 4.34. The van der Waals surface area contributed by atoms with Crippen LogP contribution in [0.1, 0.15) is 24.1 Å². The second-order valence-electron chi connectivity index (χ2n) is 6.75. The van der Waals surface area contributed by atoms with Gasteiger partial charge in [-0.3, -0.25) is 14.3 Å². The molecule has 0 bridgehead atoms. The predicted molar refractivity (Wildman–Crippen MR) is 110 cm³/mol. The maximum atomic E-state index is 12.8. The largest absolute Gasteiger partial charge is 0.494 e. The number of hydrogen-bond acceptors (Lipinski definition) is 3. The van der Waals surface area contributed by atoms with Crippen LogP contribution in [0.2, 0.25) is 0 Å². The summed E-state index contributed by atoms with van der Waals surface area (Å²) in [5.41, 5.74) is 2.67. The van der Waals surface area contributed by atoms with E-state index in [4.69, 9.17) is 4.74 Å². The molecule has 0 aliphatic carbocycles. The molecule has 146 valence electrons. The van der Waals surface area contributed by atoms with Gasteiger partial charge in [0.25, 0.3) is 5.56 Å². The number of anilines is 1. The molecule has 3 rings (SSSR count). The predicted octanol–water partition coefficient (Wildman–Crippen LogP) is 3.59. The van der Waals surface area contributed by atoms with E-state index < -0.39 is 0 Å². The number of para-hydroxylation sites is 1. The lowest BCUT2D eigenvalue weighted by molar-refractivity contribution is -0.116. The summed E-state index contributed by atoms with van der Waals surface area (Å²) in [6.07, 6.45) is 0.851. The van der Waals surface area contributed by atoms with Crippen LogP contribution in [0.15, 0.2) is 59.4 Å². The van der Waals surface area contributed by atoms with Gasteiger partial charge in [-0.2, -0.15) is 0 Å². The van der Waals surface area contributed by atoms with Crippen LogP contribution in [0.25, 0.3) is 5.69 Å². The Morgan fingerprint density at radius 3 is 2.54 bits per heavy atom. The van der Waals surface area contributed by atoms with Crippen LogP contribution in [0.4, 0.5) is 5.69 Å². The Morgan fingerprint density at radius 2 is 1.82 bits per heavy atom. The third-order valence-electron chi connectivity index (χ3n) is 4.63. The van der Waals surface area contributed by atoms with E-state index in [2.05, 4.69) is 5.32 Å². The van der Waals surface area contributed by atoms with E-state index in [0.29, 0.717) is 24.4 Å². The number of carbonyl (C=O) groups is 1. The average molecular weight is 379 g/mol. The van der Waals surface area contributed by atoms with Gasteiger partial charge in [0.05, 0.1) is 18.0 Å². The van der Waals surface area contributed by atoms with Crippen molar-refractivity contribution in [2.75, 3.05) is 11.9 Å². The maximum Gasteiger partial charge on any atom is 0.295 e. The SMILES string of the molecule is Cc1cccc(OCCCC(=O)Nc2c(C)n(C)n(-c3ccccc3)c2=O)c1.